The van der Waals surface area contributed by atoms with Gasteiger partial charge in [0.2, 0.25) is 0 Å². The molecule has 3 nitrogen and oxygen atoms in total. The molecule has 104 valence electrons. The molecule has 0 aromatic carbocycles. The average molecular weight is 261 g/mol. The summed E-state index contributed by atoms with van der Waals surface area (Å²) in [5, 5.41) is 9.40. The van der Waals surface area contributed by atoms with E-state index in [0.717, 1.165) is 25.7 Å². The van der Waals surface area contributed by atoms with E-state index in [2.05, 4.69) is 0 Å². The maximum atomic E-state index is 14.2. The van der Waals surface area contributed by atoms with Crippen molar-refractivity contribution in [1.82, 2.24) is 4.90 Å². The zero-order chi connectivity index (χ0) is 13.4. The van der Waals surface area contributed by atoms with Crippen LogP contribution in [0.15, 0.2) is 0 Å². The van der Waals surface area contributed by atoms with Crippen LogP contribution in [0.25, 0.3) is 0 Å². The lowest BCUT2D eigenvalue weighted by atomic mass is 9.70. The number of alkyl halides is 2. The molecule has 2 fully saturated rings. The van der Waals surface area contributed by atoms with Crippen LogP contribution in [0.2, 0.25) is 0 Å². The first-order valence-corrected chi connectivity index (χ1v) is 6.67. The number of carboxylic acids is 1. The minimum Gasteiger partial charge on any atom is -0.481 e. The summed E-state index contributed by atoms with van der Waals surface area (Å²) in [5.74, 6) is -4.27. The molecule has 2 rings (SSSR count). The molecule has 0 aromatic heterocycles. The van der Waals surface area contributed by atoms with Gasteiger partial charge in [0.15, 0.2) is 0 Å². The maximum Gasteiger partial charge on any atom is 0.317 e. The molecule has 1 unspecified atom stereocenters. The molecule has 0 amide bonds. The average Bonchev–Trinajstić information content (AvgIpc) is 2.76. The Morgan fingerprint density at radius 1 is 1.39 bits per heavy atom. The zero-order valence-electron chi connectivity index (χ0n) is 10.8. The minimum atomic E-state index is -3.09. The molecule has 0 radical (unpaired) electrons. The van der Waals surface area contributed by atoms with Crippen molar-refractivity contribution in [2.75, 3.05) is 20.1 Å². The van der Waals surface area contributed by atoms with Gasteiger partial charge in [0, 0.05) is 19.5 Å². The van der Waals surface area contributed by atoms with Crippen molar-refractivity contribution in [3.63, 3.8) is 0 Å². The zero-order valence-corrected chi connectivity index (χ0v) is 10.8. The van der Waals surface area contributed by atoms with E-state index >= 15 is 0 Å². The van der Waals surface area contributed by atoms with Gasteiger partial charge in [0.25, 0.3) is 5.92 Å². The lowest BCUT2D eigenvalue weighted by molar-refractivity contribution is -0.200. The lowest BCUT2D eigenvalue weighted by Crippen LogP contribution is -2.59. The number of aliphatic carboxylic acids is 1. The first-order valence-electron chi connectivity index (χ1n) is 6.67. The van der Waals surface area contributed by atoms with Crippen molar-refractivity contribution in [3.05, 3.63) is 0 Å². The molecule has 0 spiro atoms. The molecule has 1 aliphatic heterocycles. The summed E-state index contributed by atoms with van der Waals surface area (Å²) in [6.45, 7) is 0.235. The van der Waals surface area contributed by atoms with Gasteiger partial charge in [-0.1, -0.05) is 25.7 Å². The van der Waals surface area contributed by atoms with Gasteiger partial charge in [0.1, 0.15) is 5.41 Å². The third kappa shape index (κ3) is 2.25. The van der Waals surface area contributed by atoms with Crippen LogP contribution in [0.4, 0.5) is 8.78 Å². The first-order chi connectivity index (χ1) is 8.37. The van der Waals surface area contributed by atoms with E-state index in [1.54, 1.807) is 11.9 Å². The number of likely N-dealkylation sites (tertiary alicyclic amines) is 1. The predicted octanol–water partition coefficient (Wildman–Crippen LogP) is 2.61. The fraction of sp³-hybridized carbons (Fsp3) is 0.923. The van der Waals surface area contributed by atoms with Crippen LogP contribution in [-0.2, 0) is 4.79 Å². The number of rotatable bonds is 3. The van der Waals surface area contributed by atoms with Gasteiger partial charge in [-0.25, -0.2) is 8.78 Å². The Bertz CT molecular complexity index is 329. The number of carboxylic acid groups (broad SMARTS) is 1. The molecule has 1 aliphatic carbocycles. The number of piperidine rings is 1. The molecule has 18 heavy (non-hydrogen) atoms. The van der Waals surface area contributed by atoms with E-state index in [9.17, 15) is 18.7 Å². The van der Waals surface area contributed by atoms with Crippen LogP contribution in [0.1, 0.15) is 38.5 Å². The van der Waals surface area contributed by atoms with Gasteiger partial charge in [-0.05, 0) is 19.4 Å². The Morgan fingerprint density at radius 2 is 2.00 bits per heavy atom. The van der Waals surface area contributed by atoms with Crippen LogP contribution in [0, 0.1) is 11.3 Å². The number of hydrogen-bond acceptors (Lipinski definition) is 2. The second-order valence-corrected chi connectivity index (χ2v) is 5.93. The van der Waals surface area contributed by atoms with Crippen molar-refractivity contribution < 1.29 is 18.7 Å². The summed E-state index contributed by atoms with van der Waals surface area (Å²) < 4.78 is 28.4. The first kappa shape index (κ1) is 13.7. The third-order valence-corrected chi connectivity index (χ3v) is 4.57. The highest BCUT2D eigenvalue weighted by Crippen LogP contribution is 2.49. The number of nitrogens with zero attached hydrogens (tertiary/aromatic N) is 1. The Morgan fingerprint density at radius 3 is 2.56 bits per heavy atom. The van der Waals surface area contributed by atoms with Gasteiger partial charge in [-0.15, -0.1) is 0 Å². The molecular weight excluding hydrogens is 240 g/mol. The molecule has 1 saturated heterocycles. The Labute approximate surface area is 106 Å². The minimum absolute atomic E-state index is 0.0359. The van der Waals surface area contributed by atoms with Crippen molar-refractivity contribution in [2.45, 2.75) is 44.4 Å². The smallest absolute Gasteiger partial charge is 0.317 e. The van der Waals surface area contributed by atoms with Crippen LogP contribution < -0.4 is 0 Å². The molecule has 5 heteroatoms. The van der Waals surface area contributed by atoms with Gasteiger partial charge in [0.05, 0.1) is 0 Å². The summed E-state index contributed by atoms with van der Waals surface area (Å²) in [6, 6.07) is 0. The van der Waals surface area contributed by atoms with Gasteiger partial charge >= 0.3 is 5.97 Å². The van der Waals surface area contributed by atoms with Crippen LogP contribution in [0.3, 0.4) is 0 Å². The maximum absolute atomic E-state index is 14.2. The number of halogens is 2. The van der Waals surface area contributed by atoms with E-state index in [1.807, 2.05) is 0 Å². The summed E-state index contributed by atoms with van der Waals surface area (Å²) in [6.07, 6.45) is 3.66. The highest BCUT2D eigenvalue weighted by atomic mass is 19.3. The molecule has 1 heterocycles. The van der Waals surface area contributed by atoms with E-state index in [-0.39, 0.29) is 31.8 Å². The van der Waals surface area contributed by atoms with E-state index in [1.165, 1.54) is 0 Å². The Hall–Kier alpha value is -0.710. The summed E-state index contributed by atoms with van der Waals surface area (Å²) in [7, 11) is 1.72. The Balaban J connectivity index is 2.24. The topological polar surface area (TPSA) is 40.5 Å². The van der Waals surface area contributed by atoms with Crippen molar-refractivity contribution in [3.8, 4) is 0 Å². The summed E-state index contributed by atoms with van der Waals surface area (Å²) in [4.78, 5) is 13.2. The van der Waals surface area contributed by atoms with E-state index in [4.69, 9.17) is 0 Å². The monoisotopic (exact) mass is 261 g/mol. The number of hydrogen-bond donors (Lipinski definition) is 1. The molecule has 2 aliphatic rings. The Kier molecular flexibility index (Phi) is 3.63. The largest absolute Gasteiger partial charge is 0.481 e. The second kappa shape index (κ2) is 4.76. The highest BCUT2D eigenvalue weighted by Gasteiger charge is 2.61. The van der Waals surface area contributed by atoms with Gasteiger partial charge in [-0.3, -0.25) is 4.79 Å². The highest BCUT2D eigenvalue weighted by molar-refractivity contribution is 5.76. The molecular formula is C13H21F2NO2. The fourth-order valence-electron chi connectivity index (χ4n) is 3.46. The van der Waals surface area contributed by atoms with E-state index in [0.29, 0.717) is 0 Å². The number of carbonyl (C=O) groups is 1. The van der Waals surface area contributed by atoms with Gasteiger partial charge in [-0.2, -0.15) is 0 Å². The van der Waals surface area contributed by atoms with Crippen LogP contribution in [0.5, 0.6) is 0 Å². The summed E-state index contributed by atoms with van der Waals surface area (Å²) >= 11 is 0. The van der Waals surface area contributed by atoms with Crippen molar-refractivity contribution in [2.24, 2.45) is 11.3 Å². The molecule has 0 bridgehead atoms. The normalized spacial score (nSPS) is 33.7. The quantitative estimate of drug-likeness (QED) is 0.849. The van der Waals surface area contributed by atoms with Gasteiger partial charge < -0.3 is 10.0 Å². The molecule has 1 atom stereocenters. The van der Waals surface area contributed by atoms with Crippen molar-refractivity contribution in [1.29, 1.82) is 0 Å². The lowest BCUT2D eigenvalue weighted by Gasteiger charge is -2.45. The summed E-state index contributed by atoms with van der Waals surface area (Å²) in [5.41, 5.74) is -1.88. The molecule has 1 saturated carbocycles. The molecule has 1 N–H and O–H groups in total. The van der Waals surface area contributed by atoms with Crippen LogP contribution >= 0.6 is 0 Å². The molecule has 0 aromatic rings. The standard InChI is InChI=1S/C13H21F2NO2/c1-16-7-6-13(14,15)12(9-16,11(17)18)8-10-4-2-3-5-10/h10H,2-9H2,1H3,(H,17,18). The van der Waals surface area contributed by atoms with Crippen LogP contribution in [-0.4, -0.2) is 42.0 Å². The van der Waals surface area contributed by atoms with E-state index < -0.39 is 17.3 Å². The SMILES string of the molecule is CN1CCC(F)(F)C(CC2CCCC2)(C(=O)O)C1. The van der Waals surface area contributed by atoms with Crippen molar-refractivity contribution >= 4 is 5.97 Å². The fourth-order valence-corrected chi connectivity index (χ4v) is 3.46. The predicted molar refractivity (Wildman–Crippen MR) is 63.7 cm³/mol. The third-order valence-electron chi connectivity index (χ3n) is 4.57. The second-order valence-electron chi connectivity index (χ2n) is 5.93.